The lowest BCUT2D eigenvalue weighted by molar-refractivity contribution is -0.133. The van der Waals surface area contributed by atoms with Gasteiger partial charge in [0.15, 0.2) is 0 Å². The van der Waals surface area contributed by atoms with Gasteiger partial charge >= 0.3 is 6.09 Å². The molecule has 116 valence electrons. The first-order valence-corrected chi connectivity index (χ1v) is 7.35. The molecule has 0 aromatic carbocycles. The number of nitrogens with zero attached hydrogens (tertiary/aromatic N) is 3. The topological polar surface area (TPSA) is 54.8 Å². The summed E-state index contributed by atoms with van der Waals surface area (Å²) in [7, 11) is 0. The van der Waals surface area contributed by atoms with Crippen LogP contribution in [0.4, 0.5) is 4.79 Å². The Morgan fingerprint density at radius 2 is 1.57 bits per heavy atom. The summed E-state index contributed by atoms with van der Waals surface area (Å²) in [4.78, 5) is 27.4. The van der Waals surface area contributed by atoms with Gasteiger partial charge in [-0.3, -0.25) is 4.79 Å². The molecular formula is C15H23N3O3. The predicted molar refractivity (Wildman–Crippen MR) is 79.1 cm³/mol. The summed E-state index contributed by atoms with van der Waals surface area (Å²) in [5, 5.41) is 0. The molecule has 0 N–H and O–H groups in total. The minimum absolute atomic E-state index is 0.0981. The predicted octanol–water partition coefficient (Wildman–Crippen LogP) is 1.41. The molecule has 21 heavy (non-hydrogen) atoms. The number of aromatic nitrogens is 1. The Labute approximate surface area is 125 Å². The van der Waals surface area contributed by atoms with Crippen molar-refractivity contribution in [3.05, 3.63) is 23.5 Å². The summed E-state index contributed by atoms with van der Waals surface area (Å²) >= 11 is 0. The van der Waals surface area contributed by atoms with Crippen LogP contribution in [0, 0.1) is 13.8 Å². The van der Waals surface area contributed by atoms with Crippen molar-refractivity contribution < 1.29 is 14.3 Å². The Bertz CT molecular complexity index is 497. The monoisotopic (exact) mass is 293 g/mol. The first-order chi connectivity index (χ1) is 10.0. The molecule has 1 aromatic heterocycles. The fraction of sp³-hybridized carbons (Fsp3) is 0.600. The summed E-state index contributed by atoms with van der Waals surface area (Å²) in [5.74, 6) is 0.0981. The third kappa shape index (κ3) is 3.56. The largest absolute Gasteiger partial charge is 0.450 e. The number of ether oxygens (including phenoxy) is 1. The normalized spacial score (nSPS) is 15.2. The second-order valence-electron chi connectivity index (χ2n) is 5.27. The summed E-state index contributed by atoms with van der Waals surface area (Å²) in [6, 6.07) is 4.03. The van der Waals surface area contributed by atoms with Crippen LogP contribution in [0.15, 0.2) is 12.1 Å². The van der Waals surface area contributed by atoms with Crippen molar-refractivity contribution >= 4 is 12.0 Å². The molecule has 1 aliphatic heterocycles. The summed E-state index contributed by atoms with van der Waals surface area (Å²) in [6.45, 7) is 8.74. The average Bonchev–Trinajstić information content (AvgIpc) is 2.79. The Morgan fingerprint density at radius 3 is 2.10 bits per heavy atom. The number of hydrogen-bond donors (Lipinski definition) is 0. The first-order valence-electron chi connectivity index (χ1n) is 7.35. The quantitative estimate of drug-likeness (QED) is 0.846. The molecular weight excluding hydrogens is 270 g/mol. The van der Waals surface area contributed by atoms with E-state index in [0.717, 1.165) is 11.4 Å². The number of carbonyl (C=O) groups excluding carboxylic acids is 2. The van der Waals surface area contributed by atoms with Crippen LogP contribution in [0.5, 0.6) is 0 Å². The lowest BCUT2D eigenvalue weighted by Crippen LogP contribution is -2.51. The van der Waals surface area contributed by atoms with E-state index in [1.54, 1.807) is 11.8 Å². The zero-order chi connectivity index (χ0) is 15.4. The molecule has 0 unspecified atom stereocenters. The molecule has 0 spiro atoms. The Hall–Kier alpha value is -1.98. The summed E-state index contributed by atoms with van der Waals surface area (Å²) in [6.07, 6.45) is -0.290. The van der Waals surface area contributed by atoms with Crippen LogP contribution in [0.1, 0.15) is 18.3 Å². The average molecular weight is 293 g/mol. The Kier molecular flexibility index (Phi) is 4.88. The van der Waals surface area contributed by atoms with Gasteiger partial charge in [0.25, 0.3) is 0 Å². The van der Waals surface area contributed by atoms with E-state index in [1.165, 1.54) is 0 Å². The van der Waals surface area contributed by atoms with Crippen LogP contribution in [0.3, 0.4) is 0 Å². The summed E-state index contributed by atoms with van der Waals surface area (Å²) < 4.78 is 6.99. The van der Waals surface area contributed by atoms with Gasteiger partial charge in [-0.15, -0.1) is 0 Å². The lowest BCUT2D eigenvalue weighted by atomic mass is 10.3. The van der Waals surface area contributed by atoms with Gasteiger partial charge in [0, 0.05) is 37.6 Å². The highest BCUT2D eigenvalue weighted by atomic mass is 16.6. The van der Waals surface area contributed by atoms with Crippen molar-refractivity contribution in [1.29, 1.82) is 0 Å². The van der Waals surface area contributed by atoms with Crippen molar-refractivity contribution in [2.45, 2.75) is 27.3 Å². The molecule has 2 heterocycles. The van der Waals surface area contributed by atoms with E-state index in [4.69, 9.17) is 4.74 Å². The molecule has 1 aromatic rings. The molecule has 0 aliphatic carbocycles. The molecule has 1 saturated heterocycles. The van der Waals surface area contributed by atoms with Crippen LogP contribution in [0.25, 0.3) is 0 Å². The molecule has 0 atom stereocenters. The number of piperazine rings is 1. The maximum Gasteiger partial charge on any atom is 0.409 e. The van der Waals surface area contributed by atoms with E-state index < -0.39 is 0 Å². The fourth-order valence-corrected chi connectivity index (χ4v) is 2.54. The third-order valence-electron chi connectivity index (χ3n) is 3.87. The van der Waals surface area contributed by atoms with Crippen LogP contribution >= 0.6 is 0 Å². The van der Waals surface area contributed by atoms with E-state index in [0.29, 0.717) is 39.3 Å². The second kappa shape index (κ2) is 6.65. The minimum atomic E-state index is -0.290. The summed E-state index contributed by atoms with van der Waals surface area (Å²) in [5.41, 5.74) is 2.18. The van der Waals surface area contributed by atoms with Crippen molar-refractivity contribution in [3.63, 3.8) is 0 Å². The van der Waals surface area contributed by atoms with Crippen LogP contribution in [-0.4, -0.2) is 59.2 Å². The standard InChI is InChI=1S/C15H23N3O3/c1-4-21-15(20)17-9-7-16(8-10-17)14(19)11-18-12(2)5-6-13(18)3/h5-6H,4,7-11H2,1-3H3. The van der Waals surface area contributed by atoms with Gasteiger partial charge in [-0.05, 0) is 32.9 Å². The van der Waals surface area contributed by atoms with Crippen LogP contribution in [-0.2, 0) is 16.1 Å². The zero-order valence-corrected chi connectivity index (χ0v) is 13.0. The van der Waals surface area contributed by atoms with Gasteiger partial charge in [0.05, 0.1) is 6.61 Å². The van der Waals surface area contributed by atoms with Crippen LogP contribution < -0.4 is 0 Å². The van der Waals surface area contributed by atoms with Gasteiger partial charge in [-0.2, -0.15) is 0 Å². The van der Waals surface area contributed by atoms with Gasteiger partial charge in [-0.25, -0.2) is 4.79 Å². The fourth-order valence-electron chi connectivity index (χ4n) is 2.54. The maximum absolute atomic E-state index is 12.3. The molecule has 0 radical (unpaired) electrons. The molecule has 6 nitrogen and oxygen atoms in total. The van der Waals surface area contributed by atoms with E-state index >= 15 is 0 Å². The maximum atomic E-state index is 12.3. The van der Waals surface area contributed by atoms with E-state index in [1.807, 2.05) is 35.4 Å². The minimum Gasteiger partial charge on any atom is -0.450 e. The second-order valence-corrected chi connectivity index (χ2v) is 5.27. The van der Waals surface area contributed by atoms with Gasteiger partial charge < -0.3 is 19.1 Å². The van der Waals surface area contributed by atoms with Crippen molar-refractivity contribution in [1.82, 2.24) is 14.4 Å². The van der Waals surface area contributed by atoms with Crippen molar-refractivity contribution in [2.75, 3.05) is 32.8 Å². The highest BCUT2D eigenvalue weighted by Crippen LogP contribution is 2.10. The molecule has 6 heteroatoms. The number of rotatable bonds is 3. The first kappa shape index (κ1) is 15.4. The Balaban J connectivity index is 1.87. The van der Waals surface area contributed by atoms with Crippen LogP contribution in [0.2, 0.25) is 0 Å². The van der Waals surface area contributed by atoms with E-state index in [9.17, 15) is 9.59 Å². The molecule has 0 bridgehead atoms. The molecule has 1 fully saturated rings. The van der Waals surface area contributed by atoms with Gasteiger partial charge in [0.2, 0.25) is 5.91 Å². The van der Waals surface area contributed by atoms with Gasteiger partial charge in [-0.1, -0.05) is 0 Å². The molecule has 2 amide bonds. The molecule has 2 rings (SSSR count). The van der Waals surface area contributed by atoms with Crippen molar-refractivity contribution in [3.8, 4) is 0 Å². The Morgan fingerprint density at radius 1 is 1.05 bits per heavy atom. The van der Waals surface area contributed by atoms with E-state index in [2.05, 4.69) is 0 Å². The number of aryl methyl sites for hydroxylation is 2. The smallest absolute Gasteiger partial charge is 0.409 e. The number of amides is 2. The molecule has 1 aliphatic rings. The zero-order valence-electron chi connectivity index (χ0n) is 13.0. The number of hydrogen-bond acceptors (Lipinski definition) is 3. The van der Waals surface area contributed by atoms with E-state index in [-0.39, 0.29) is 12.0 Å². The lowest BCUT2D eigenvalue weighted by Gasteiger charge is -2.34. The third-order valence-corrected chi connectivity index (χ3v) is 3.87. The van der Waals surface area contributed by atoms with Gasteiger partial charge in [0.1, 0.15) is 6.54 Å². The van der Waals surface area contributed by atoms with Crippen molar-refractivity contribution in [2.24, 2.45) is 0 Å². The molecule has 0 saturated carbocycles. The SMILES string of the molecule is CCOC(=O)N1CCN(C(=O)Cn2c(C)ccc2C)CC1. The highest BCUT2D eigenvalue weighted by molar-refractivity contribution is 5.77. The number of carbonyl (C=O) groups is 2. The highest BCUT2D eigenvalue weighted by Gasteiger charge is 2.25.